The minimum absolute atomic E-state index is 0.232. The lowest BCUT2D eigenvalue weighted by Crippen LogP contribution is -2.00. The van der Waals surface area contributed by atoms with E-state index < -0.39 is 0 Å². The van der Waals surface area contributed by atoms with E-state index in [2.05, 4.69) is 15.0 Å². The van der Waals surface area contributed by atoms with Gasteiger partial charge in [-0.05, 0) is 36.4 Å². The Kier molecular flexibility index (Phi) is 6.90. The third-order valence-electron chi connectivity index (χ3n) is 4.19. The molecule has 5 nitrogen and oxygen atoms in total. The first-order valence-electron chi connectivity index (χ1n) is 9.23. The number of phenolic OH excluding ortho intramolecular Hbond substituents is 2. The normalized spacial score (nSPS) is 11.4. The van der Waals surface area contributed by atoms with Crippen LogP contribution in [-0.4, -0.2) is 40.7 Å². The van der Waals surface area contributed by atoms with Crippen molar-refractivity contribution in [2.24, 2.45) is 9.98 Å². The van der Waals surface area contributed by atoms with Crippen LogP contribution in [0.25, 0.3) is 0 Å². The molecule has 0 atom stereocenters. The number of benzene rings is 2. The Morgan fingerprint density at radius 2 is 1.11 bits per heavy atom. The second kappa shape index (κ2) is 10.0. The molecule has 0 spiro atoms. The smallest absolute Gasteiger partial charge is 0.124 e. The largest absolute Gasteiger partial charge is 0.507 e. The molecule has 1 heterocycles. The molecule has 0 unspecified atom stereocenters. The van der Waals surface area contributed by atoms with E-state index in [0.29, 0.717) is 24.2 Å². The number of aromatic hydroxyl groups is 2. The van der Waals surface area contributed by atoms with Crippen LogP contribution in [-0.2, 0) is 12.8 Å². The van der Waals surface area contributed by atoms with Gasteiger partial charge in [0.2, 0.25) is 0 Å². The number of para-hydroxylation sites is 2. The van der Waals surface area contributed by atoms with E-state index in [1.807, 2.05) is 42.5 Å². The van der Waals surface area contributed by atoms with Gasteiger partial charge in [-0.25, -0.2) is 0 Å². The summed E-state index contributed by atoms with van der Waals surface area (Å²) in [5.41, 5.74) is 3.39. The number of aliphatic imine (C=N–C) groups is 2. The predicted molar refractivity (Wildman–Crippen MR) is 113 cm³/mol. The average Bonchev–Trinajstić information content (AvgIpc) is 2.71. The van der Waals surface area contributed by atoms with Gasteiger partial charge in [0.15, 0.2) is 0 Å². The Morgan fingerprint density at radius 3 is 1.57 bits per heavy atom. The molecule has 0 aliphatic heterocycles. The SMILES string of the molecule is Oc1ccccc1C=NCCc1cccc(CCN=Cc2ccccc2O)n1. The van der Waals surface area contributed by atoms with Crippen molar-refractivity contribution in [3.05, 3.63) is 89.2 Å². The monoisotopic (exact) mass is 373 g/mol. The summed E-state index contributed by atoms with van der Waals surface area (Å²) in [6.07, 6.45) is 4.85. The van der Waals surface area contributed by atoms with Gasteiger partial charge >= 0.3 is 0 Å². The lowest BCUT2D eigenvalue weighted by molar-refractivity contribution is 0.474. The zero-order valence-electron chi connectivity index (χ0n) is 15.6. The van der Waals surface area contributed by atoms with Crippen molar-refractivity contribution in [2.75, 3.05) is 13.1 Å². The second-order valence-corrected chi connectivity index (χ2v) is 6.31. The maximum absolute atomic E-state index is 9.73. The van der Waals surface area contributed by atoms with Crippen LogP contribution in [0.2, 0.25) is 0 Å². The predicted octanol–water partition coefficient (Wildman–Crippen LogP) is 3.82. The van der Waals surface area contributed by atoms with Crippen LogP contribution < -0.4 is 0 Å². The lowest BCUT2D eigenvalue weighted by Gasteiger charge is -2.03. The van der Waals surface area contributed by atoms with Crippen LogP contribution in [0.15, 0.2) is 76.7 Å². The molecule has 0 radical (unpaired) electrons. The van der Waals surface area contributed by atoms with Crippen molar-refractivity contribution in [1.29, 1.82) is 0 Å². The van der Waals surface area contributed by atoms with Gasteiger partial charge in [-0.15, -0.1) is 0 Å². The quantitative estimate of drug-likeness (QED) is 0.589. The highest BCUT2D eigenvalue weighted by Gasteiger charge is 1.99. The zero-order chi connectivity index (χ0) is 19.6. The number of phenols is 2. The van der Waals surface area contributed by atoms with E-state index in [1.54, 1.807) is 36.7 Å². The van der Waals surface area contributed by atoms with Crippen LogP contribution in [0.5, 0.6) is 11.5 Å². The lowest BCUT2D eigenvalue weighted by atomic mass is 10.2. The molecule has 142 valence electrons. The van der Waals surface area contributed by atoms with Crippen molar-refractivity contribution < 1.29 is 10.2 Å². The molecule has 0 bridgehead atoms. The van der Waals surface area contributed by atoms with Crippen LogP contribution in [0.4, 0.5) is 0 Å². The van der Waals surface area contributed by atoms with Crippen LogP contribution >= 0.6 is 0 Å². The van der Waals surface area contributed by atoms with Crippen molar-refractivity contribution in [3.8, 4) is 11.5 Å². The summed E-state index contributed by atoms with van der Waals surface area (Å²) in [7, 11) is 0. The summed E-state index contributed by atoms with van der Waals surface area (Å²) >= 11 is 0. The van der Waals surface area contributed by atoms with Gasteiger partial charge in [0.25, 0.3) is 0 Å². The summed E-state index contributed by atoms with van der Waals surface area (Å²) in [5, 5.41) is 19.5. The van der Waals surface area contributed by atoms with E-state index in [4.69, 9.17) is 0 Å². The molecular formula is C23H23N3O2. The van der Waals surface area contributed by atoms with E-state index in [0.717, 1.165) is 24.2 Å². The number of aromatic nitrogens is 1. The fraction of sp³-hybridized carbons (Fsp3) is 0.174. The Balaban J connectivity index is 1.48. The molecule has 2 N–H and O–H groups in total. The van der Waals surface area contributed by atoms with Crippen LogP contribution in [0.3, 0.4) is 0 Å². The Bertz CT molecular complexity index is 893. The van der Waals surface area contributed by atoms with E-state index in [1.165, 1.54) is 0 Å². The van der Waals surface area contributed by atoms with Crippen LogP contribution in [0, 0.1) is 0 Å². The summed E-state index contributed by atoms with van der Waals surface area (Å²) in [4.78, 5) is 13.4. The molecular weight excluding hydrogens is 350 g/mol. The molecule has 28 heavy (non-hydrogen) atoms. The molecule has 0 fully saturated rings. The van der Waals surface area contributed by atoms with Gasteiger partial charge in [0.05, 0.1) is 0 Å². The topological polar surface area (TPSA) is 78.1 Å². The summed E-state index contributed by atoms with van der Waals surface area (Å²) < 4.78 is 0. The Hall–Kier alpha value is -3.47. The van der Waals surface area contributed by atoms with E-state index >= 15 is 0 Å². The molecule has 0 aliphatic rings. The van der Waals surface area contributed by atoms with Crippen molar-refractivity contribution in [2.45, 2.75) is 12.8 Å². The van der Waals surface area contributed by atoms with Gasteiger partial charge in [-0.3, -0.25) is 15.0 Å². The molecule has 0 saturated carbocycles. The van der Waals surface area contributed by atoms with Crippen molar-refractivity contribution in [1.82, 2.24) is 4.98 Å². The third kappa shape index (κ3) is 5.77. The summed E-state index contributed by atoms with van der Waals surface area (Å²) in [6, 6.07) is 20.2. The molecule has 1 aromatic heterocycles. The number of hydrogen-bond acceptors (Lipinski definition) is 5. The highest BCUT2D eigenvalue weighted by molar-refractivity contribution is 5.83. The minimum Gasteiger partial charge on any atom is -0.507 e. The minimum atomic E-state index is 0.232. The molecule has 5 heteroatoms. The highest BCUT2D eigenvalue weighted by atomic mass is 16.3. The maximum atomic E-state index is 9.73. The first-order valence-corrected chi connectivity index (χ1v) is 9.23. The first-order chi connectivity index (χ1) is 13.7. The van der Waals surface area contributed by atoms with Gasteiger partial charge in [0, 0.05) is 60.9 Å². The number of hydrogen-bond donors (Lipinski definition) is 2. The van der Waals surface area contributed by atoms with Gasteiger partial charge < -0.3 is 10.2 Å². The Labute approximate surface area is 164 Å². The molecule has 0 saturated heterocycles. The van der Waals surface area contributed by atoms with Gasteiger partial charge in [-0.2, -0.15) is 0 Å². The van der Waals surface area contributed by atoms with Crippen LogP contribution in [0.1, 0.15) is 22.5 Å². The first kappa shape index (κ1) is 19.3. The van der Waals surface area contributed by atoms with Gasteiger partial charge in [0.1, 0.15) is 11.5 Å². The average molecular weight is 373 g/mol. The third-order valence-corrected chi connectivity index (χ3v) is 4.19. The molecule has 2 aromatic carbocycles. The molecule has 3 rings (SSSR count). The second-order valence-electron chi connectivity index (χ2n) is 6.31. The number of pyridine rings is 1. The zero-order valence-corrected chi connectivity index (χ0v) is 15.6. The fourth-order valence-electron chi connectivity index (χ4n) is 2.69. The van der Waals surface area contributed by atoms with Crippen molar-refractivity contribution >= 4 is 12.4 Å². The van der Waals surface area contributed by atoms with Crippen molar-refractivity contribution in [3.63, 3.8) is 0 Å². The summed E-state index contributed by atoms with van der Waals surface area (Å²) in [5.74, 6) is 0.464. The Morgan fingerprint density at radius 1 is 0.643 bits per heavy atom. The van der Waals surface area contributed by atoms with Gasteiger partial charge in [-0.1, -0.05) is 30.3 Å². The molecule has 0 amide bonds. The maximum Gasteiger partial charge on any atom is 0.124 e. The van der Waals surface area contributed by atoms with E-state index in [9.17, 15) is 10.2 Å². The van der Waals surface area contributed by atoms with E-state index in [-0.39, 0.29) is 11.5 Å². The highest BCUT2D eigenvalue weighted by Crippen LogP contribution is 2.13. The number of nitrogens with zero attached hydrogens (tertiary/aromatic N) is 3. The standard InChI is InChI=1S/C23H23N3O2/c27-22-10-3-1-6-18(22)16-24-14-12-20-8-5-9-21(26-20)13-15-25-17-19-7-2-4-11-23(19)28/h1-11,16-17,27-28H,12-15H2. The molecule has 3 aromatic rings. The number of rotatable bonds is 8. The summed E-state index contributed by atoms with van der Waals surface area (Å²) in [6.45, 7) is 1.21. The molecule has 0 aliphatic carbocycles. The fourth-order valence-corrected chi connectivity index (χ4v) is 2.69.